The first-order valence-electron chi connectivity index (χ1n) is 5.11. The van der Waals surface area contributed by atoms with Crippen LogP contribution in [0, 0.1) is 6.92 Å². The van der Waals surface area contributed by atoms with Crippen LogP contribution in [0.1, 0.15) is 30.7 Å². The molecule has 0 aliphatic heterocycles. The Balaban J connectivity index is 2.47. The third-order valence-corrected chi connectivity index (χ3v) is 2.51. The summed E-state index contributed by atoms with van der Waals surface area (Å²) in [6.45, 7) is 3.70. The molecule has 0 saturated heterocycles. The highest BCUT2D eigenvalue weighted by atomic mass is 16.4. The summed E-state index contributed by atoms with van der Waals surface area (Å²) in [5.41, 5.74) is 1.67. The highest BCUT2D eigenvalue weighted by Crippen LogP contribution is 2.22. The second-order valence-corrected chi connectivity index (χ2v) is 3.89. The van der Waals surface area contributed by atoms with Crippen LogP contribution >= 0.6 is 0 Å². The lowest BCUT2D eigenvalue weighted by Crippen LogP contribution is -2.04. The fraction of sp³-hybridized carbons (Fsp3) is 0.364. The van der Waals surface area contributed by atoms with Gasteiger partial charge in [0.05, 0.1) is 6.42 Å². The van der Waals surface area contributed by atoms with Crippen molar-refractivity contribution < 1.29 is 9.90 Å². The van der Waals surface area contributed by atoms with Gasteiger partial charge in [-0.1, -0.05) is 13.0 Å². The van der Waals surface area contributed by atoms with Gasteiger partial charge in [-0.15, -0.1) is 0 Å². The lowest BCUT2D eigenvalue weighted by molar-refractivity contribution is -0.137. The van der Waals surface area contributed by atoms with Gasteiger partial charge in [0.15, 0.2) is 5.65 Å². The molecule has 0 fully saturated rings. The molecule has 2 rings (SSSR count). The zero-order valence-electron chi connectivity index (χ0n) is 9.21. The standard InChI is InChI=1S/C11H13N3O2/c1-7(6-10(15)16)9-4-3-5-14-11(9)12-8(2)13-14/h3-5,7H,6H2,1-2H3,(H,15,16). The van der Waals surface area contributed by atoms with E-state index >= 15 is 0 Å². The van der Waals surface area contributed by atoms with Gasteiger partial charge in [-0.3, -0.25) is 4.79 Å². The van der Waals surface area contributed by atoms with Gasteiger partial charge in [0.1, 0.15) is 5.82 Å². The zero-order chi connectivity index (χ0) is 11.7. The molecule has 1 N–H and O–H groups in total. The van der Waals surface area contributed by atoms with Gasteiger partial charge in [0.2, 0.25) is 0 Å². The molecule has 5 heteroatoms. The maximum Gasteiger partial charge on any atom is 0.303 e. The van der Waals surface area contributed by atoms with Crippen LogP contribution in [0.5, 0.6) is 0 Å². The molecule has 1 unspecified atom stereocenters. The fourth-order valence-electron chi connectivity index (χ4n) is 1.79. The first-order chi connectivity index (χ1) is 7.58. The van der Waals surface area contributed by atoms with Crippen LogP contribution in [0.15, 0.2) is 18.3 Å². The van der Waals surface area contributed by atoms with Crippen molar-refractivity contribution in [1.82, 2.24) is 14.6 Å². The number of rotatable bonds is 3. The summed E-state index contributed by atoms with van der Waals surface area (Å²) in [7, 11) is 0. The Morgan fingerprint density at radius 1 is 1.62 bits per heavy atom. The predicted octanol–water partition coefficient (Wildman–Crippen LogP) is 1.62. The number of hydrogen-bond acceptors (Lipinski definition) is 3. The molecule has 1 atom stereocenters. The minimum Gasteiger partial charge on any atom is -0.481 e. The average Bonchev–Trinajstić information content (AvgIpc) is 2.55. The van der Waals surface area contributed by atoms with E-state index in [0.29, 0.717) is 5.82 Å². The summed E-state index contributed by atoms with van der Waals surface area (Å²) in [5, 5.41) is 13.0. The number of nitrogens with zero attached hydrogens (tertiary/aromatic N) is 3. The summed E-state index contributed by atoms with van der Waals surface area (Å²) in [6, 6.07) is 3.76. The third-order valence-electron chi connectivity index (χ3n) is 2.51. The Hall–Kier alpha value is -1.91. The van der Waals surface area contributed by atoms with Crippen LogP contribution in [0.4, 0.5) is 0 Å². The molecule has 2 aromatic heterocycles. The van der Waals surface area contributed by atoms with E-state index in [-0.39, 0.29) is 12.3 Å². The van der Waals surface area contributed by atoms with Crippen LogP contribution in [0.25, 0.3) is 5.65 Å². The van der Waals surface area contributed by atoms with E-state index in [1.165, 1.54) is 0 Å². The Morgan fingerprint density at radius 3 is 3.06 bits per heavy atom. The van der Waals surface area contributed by atoms with Crippen molar-refractivity contribution in [3.05, 3.63) is 29.7 Å². The zero-order valence-corrected chi connectivity index (χ0v) is 9.21. The van der Waals surface area contributed by atoms with E-state index in [4.69, 9.17) is 5.11 Å². The molecule has 84 valence electrons. The second-order valence-electron chi connectivity index (χ2n) is 3.89. The number of carboxylic acids is 1. The van der Waals surface area contributed by atoms with E-state index in [1.807, 2.05) is 32.2 Å². The minimum absolute atomic E-state index is 0.0650. The molecular weight excluding hydrogens is 206 g/mol. The normalized spacial score (nSPS) is 12.9. The van der Waals surface area contributed by atoms with Gasteiger partial charge in [-0.25, -0.2) is 9.50 Å². The lowest BCUT2D eigenvalue weighted by atomic mass is 9.99. The molecule has 16 heavy (non-hydrogen) atoms. The van der Waals surface area contributed by atoms with E-state index in [9.17, 15) is 4.79 Å². The van der Waals surface area contributed by atoms with Gasteiger partial charge in [-0.05, 0) is 18.9 Å². The number of aryl methyl sites for hydroxylation is 1. The fourth-order valence-corrected chi connectivity index (χ4v) is 1.79. The van der Waals surface area contributed by atoms with E-state index in [2.05, 4.69) is 10.1 Å². The SMILES string of the molecule is Cc1nc2c(C(C)CC(=O)O)cccn2n1. The lowest BCUT2D eigenvalue weighted by Gasteiger charge is -2.09. The van der Waals surface area contributed by atoms with Gasteiger partial charge in [0.25, 0.3) is 0 Å². The molecule has 0 saturated carbocycles. The molecular formula is C11H13N3O2. The quantitative estimate of drug-likeness (QED) is 0.851. The van der Waals surface area contributed by atoms with Crippen LogP contribution in [0.2, 0.25) is 0 Å². The van der Waals surface area contributed by atoms with Crippen molar-refractivity contribution in [2.45, 2.75) is 26.2 Å². The molecule has 0 aromatic carbocycles. The number of fused-ring (bicyclic) bond motifs is 1. The van der Waals surface area contributed by atoms with Crippen molar-refractivity contribution in [3.8, 4) is 0 Å². The molecule has 5 nitrogen and oxygen atoms in total. The Kier molecular flexibility index (Phi) is 2.60. The largest absolute Gasteiger partial charge is 0.481 e. The monoisotopic (exact) mass is 219 g/mol. The molecule has 0 spiro atoms. The minimum atomic E-state index is -0.800. The summed E-state index contributed by atoms with van der Waals surface area (Å²) in [6.07, 6.45) is 1.91. The molecule has 0 aliphatic rings. The average molecular weight is 219 g/mol. The van der Waals surface area contributed by atoms with Gasteiger partial charge in [-0.2, -0.15) is 5.10 Å². The van der Waals surface area contributed by atoms with E-state index < -0.39 is 5.97 Å². The van der Waals surface area contributed by atoms with E-state index in [0.717, 1.165) is 11.2 Å². The Labute approximate surface area is 92.7 Å². The van der Waals surface area contributed by atoms with Crippen molar-refractivity contribution in [2.24, 2.45) is 0 Å². The van der Waals surface area contributed by atoms with Crippen LogP contribution in [-0.4, -0.2) is 25.7 Å². The smallest absolute Gasteiger partial charge is 0.303 e. The van der Waals surface area contributed by atoms with E-state index in [1.54, 1.807) is 4.52 Å². The van der Waals surface area contributed by atoms with Crippen molar-refractivity contribution in [2.75, 3.05) is 0 Å². The molecule has 0 amide bonds. The number of aliphatic carboxylic acids is 1. The number of carbonyl (C=O) groups is 1. The first-order valence-corrected chi connectivity index (χ1v) is 5.11. The van der Waals surface area contributed by atoms with Crippen molar-refractivity contribution >= 4 is 11.6 Å². The number of hydrogen-bond donors (Lipinski definition) is 1. The number of aromatic nitrogens is 3. The number of carboxylic acid groups (broad SMARTS) is 1. The Bertz CT molecular complexity index is 533. The summed E-state index contributed by atoms with van der Waals surface area (Å²) in [5.74, 6) is -0.175. The van der Waals surface area contributed by atoms with Gasteiger partial charge in [0, 0.05) is 11.8 Å². The molecule has 0 aliphatic carbocycles. The predicted molar refractivity (Wildman–Crippen MR) is 58.4 cm³/mol. The van der Waals surface area contributed by atoms with Crippen LogP contribution < -0.4 is 0 Å². The van der Waals surface area contributed by atoms with Crippen LogP contribution in [0.3, 0.4) is 0 Å². The van der Waals surface area contributed by atoms with Gasteiger partial charge >= 0.3 is 5.97 Å². The van der Waals surface area contributed by atoms with Crippen LogP contribution in [-0.2, 0) is 4.79 Å². The first kappa shape index (κ1) is 10.6. The summed E-state index contributed by atoms with van der Waals surface area (Å²) >= 11 is 0. The van der Waals surface area contributed by atoms with Crippen molar-refractivity contribution in [3.63, 3.8) is 0 Å². The maximum absolute atomic E-state index is 10.7. The molecule has 0 bridgehead atoms. The second kappa shape index (κ2) is 3.92. The topological polar surface area (TPSA) is 67.5 Å². The summed E-state index contributed by atoms with van der Waals surface area (Å²) < 4.78 is 1.68. The summed E-state index contributed by atoms with van der Waals surface area (Å²) in [4.78, 5) is 15.0. The third kappa shape index (κ3) is 1.88. The molecule has 0 radical (unpaired) electrons. The number of pyridine rings is 1. The molecule has 2 aromatic rings. The molecule has 2 heterocycles. The Morgan fingerprint density at radius 2 is 2.38 bits per heavy atom. The maximum atomic E-state index is 10.7. The highest BCUT2D eigenvalue weighted by molar-refractivity contribution is 5.68. The highest BCUT2D eigenvalue weighted by Gasteiger charge is 2.15. The van der Waals surface area contributed by atoms with Crippen molar-refractivity contribution in [1.29, 1.82) is 0 Å². The van der Waals surface area contributed by atoms with Gasteiger partial charge < -0.3 is 5.11 Å².